The first-order chi connectivity index (χ1) is 16.2. The first-order valence-corrected chi connectivity index (χ1v) is 11.0. The second kappa shape index (κ2) is 8.09. The fraction of sp³-hybridized carbons (Fsp3) is 0.259. The van der Waals surface area contributed by atoms with Crippen molar-refractivity contribution in [2.45, 2.75) is 37.1 Å². The van der Waals surface area contributed by atoms with Crippen molar-refractivity contribution in [2.75, 3.05) is 0 Å². The number of halogens is 3. The highest BCUT2D eigenvalue weighted by Crippen LogP contribution is 2.54. The van der Waals surface area contributed by atoms with Gasteiger partial charge in [0, 0.05) is 29.9 Å². The number of Topliss-reactive ketones (excluding diaryl/α,β-unsaturated/α-hetero) is 2. The minimum Gasteiger partial charge on any atom is -0.457 e. The zero-order valence-electron chi connectivity index (χ0n) is 18.0. The molecule has 0 saturated carbocycles. The van der Waals surface area contributed by atoms with Gasteiger partial charge in [-0.05, 0) is 22.8 Å². The molecule has 0 amide bonds. The molecule has 0 bridgehead atoms. The number of alkyl halides is 3. The van der Waals surface area contributed by atoms with E-state index in [-0.39, 0.29) is 35.5 Å². The number of hydrogen-bond acceptors (Lipinski definition) is 4. The SMILES string of the molecule is O=C1CCCC2=C1C(c1ccccc1)C(C(=O)c1cccc3ccccc13)C(O)(C(F)(F)F)O2. The van der Waals surface area contributed by atoms with Gasteiger partial charge in [-0.1, -0.05) is 72.8 Å². The average molecular weight is 466 g/mol. The van der Waals surface area contributed by atoms with Gasteiger partial charge in [-0.25, -0.2) is 0 Å². The number of hydrogen-bond donors (Lipinski definition) is 1. The van der Waals surface area contributed by atoms with Gasteiger partial charge >= 0.3 is 12.0 Å². The van der Waals surface area contributed by atoms with Gasteiger partial charge in [0.05, 0.1) is 0 Å². The van der Waals surface area contributed by atoms with Gasteiger partial charge < -0.3 is 9.84 Å². The minimum atomic E-state index is -5.29. The van der Waals surface area contributed by atoms with Gasteiger partial charge in [-0.2, -0.15) is 13.2 Å². The van der Waals surface area contributed by atoms with Crippen molar-refractivity contribution in [1.82, 2.24) is 0 Å². The molecule has 1 aliphatic carbocycles. The lowest BCUT2D eigenvalue weighted by atomic mass is 9.67. The summed E-state index contributed by atoms with van der Waals surface area (Å²) in [5.74, 6) is -8.70. The Bertz CT molecular complexity index is 1310. The number of benzene rings is 3. The summed E-state index contributed by atoms with van der Waals surface area (Å²) in [6.45, 7) is 0. The molecule has 4 nitrogen and oxygen atoms in total. The lowest BCUT2D eigenvalue weighted by Gasteiger charge is -2.46. The van der Waals surface area contributed by atoms with Gasteiger partial charge in [-0.3, -0.25) is 9.59 Å². The number of carbonyl (C=O) groups excluding carboxylic acids is 2. The molecule has 3 aromatic carbocycles. The van der Waals surface area contributed by atoms with Crippen LogP contribution in [0.5, 0.6) is 0 Å². The molecule has 34 heavy (non-hydrogen) atoms. The summed E-state index contributed by atoms with van der Waals surface area (Å²) < 4.78 is 48.6. The fourth-order valence-electron chi connectivity index (χ4n) is 5.12. The lowest BCUT2D eigenvalue weighted by Crippen LogP contribution is -2.60. The number of aliphatic hydroxyl groups is 1. The second-order valence-corrected chi connectivity index (χ2v) is 8.67. The highest BCUT2D eigenvalue weighted by Gasteiger charge is 2.69. The van der Waals surface area contributed by atoms with Crippen molar-refractivity contribution in [1.29, 1.82) is 0 Å². The van der Waals surface area contributed by atoms with Crippen LogP contribution in [0.4, 0.5) is 13.2 Å². The third-order valence-corrected chi connectivity index (χ3v) is 6.66. The van der Waals surface area contributed by atoms with Crippen LogP contribution < -0.4 is 0 Å². The first kappa shape index (κ1) is 22.3. The molecular formula is C27H21F3O4. The van der Waals surface area contributed by atoms with E-state index in [9.17, 15) is 27.9 Å². The highest BCUT2D eigenvalue weighted by molar-refractivity contribution is 6.11. The Balaban J connectivity index is 1.79. The van der Waals surface area contributed by atoms with Crippen LogP contribution in [0.25, 0.3) is 10.8 Å². The molecular weight excluding hydrogens is 445 g/mol. The van der Waals surface area contributed by atoms with E-state index in [4.69, 9.17) is 4.74 Å². The number of allylic oxidation sites excluding steroid dienone is 2. The zero-order chi connectivity index (χ0) is 24.1. The Labute approximate surface area is 193 Å². The molecule has 7 heteroatoms. The molecule has 0 radical (unpaired) electrons. The van der Waals surface area contributed by atoms with Crippen LogP contribution >= 0.6 is 0 Å². The van der Waals surface area contributed by atoms with E-state index in [1.807, 2.05) is 0 Å². The molecule has 1 heterocycles. The minimum absolute atomic E-state index is 0.0302. The lowest BCUT2D eigenvalue weighted by molar-refractivity contribution is -0.374. The summed E-state index contributed by atoms with van der Waals surface area (Å²) >= 11 is 0. The normalized spacial score (nSPS) is 25.1. The third kappa shape index (κ3) is 3.42. The number of rotatable bonds is 3. The summed E-state index contributed by atoms with van der Waals surface area (Å²) in [6, 6.07) is 19.7. The molecule has 0 saturated heterocycles. The monoisotopic (exact) mass is 466 g/mol. The molecule has 174 valence electrons. The summed E-state index contributed by atoms with van der Waals surface area (Å²) in [7, 11) is 0. The molecule has 1 N–H and O–H groups in total. The van der Waals surface area contributed by atoms with Crippen molar-refractivity contribution in [3.8, 4) is 0 Å². The van der Waals surface area contributed by atoms with Crippen molar-refractivity contribution >= 4 is 22.3 Å². The van der Waals surface area contributed by atoms with Gasteiger partial charge in [0.15, 0.2) is 11.6 Å². The second-order valence-electron chi connectivity index (χ2n) is 8.67. The van der Waals surface area contributed by atoms with Crippen molar-refractivity contribution in [2.24, 2.45) is 5.92 Å². The Morgan fingerprint density at radius 1 is 0.941 bits per heavy atom. The highest BCUT2D eigenvalue weighted by atomic mass is 19.4. The molecule has 3 unspecified atom stereocenters. The molecule has 3 atom stereocenters. The summed E-state index contributed by atoms with van der Waals surface area (Å²) in [5, 5.41) is 12.2. The zero-order valence-corrected chi connectivity index (χ0v) is 18.0. The molecule has 3 aromatic rings. The number of ether oxygens (including phenoxy) is 1. The van der Waals surface area contributed by atoms with E-state index >= 15 is 0 Å². The maximum atomic E-state index is 14.5. The first-order valence-electron chi connectivity index (χ1n) is 11.0. The van der Waals surface area contributed by atoms with Crippen LogP contribution in [-0.4, -0.2) is 28.6 Å². The molecule has 0 aromatic heterocycles. The molecule has 1 aliphatic heterocycles. The summed E-state index contributed by atoms with van der Waals surface area (Å²) in [5.41, 5.74) is 0.419. The standard InChI is InChI=1S/C27H21F3O4/c28-27(29,30)26(33)24(25(32)19-13-6-11-16-8-4-5-12-18(16)19)22(17-9-2-1-3-10-17)23-20(31)14-7-15-21(23)34-26/h1-6,8-13,22,24,33H,7,14-15H2. The van der Waals surface area contributed by atoms with Gasteiger partial charge in [0.25, 0.3) is 0 Å². The number of fused-ring (bicyclic) bond motifs is 1. The van der Waals surface area contributed by atoms with E-state index in [1.54, 1.807) is 66.7 Å². The van der Waals surface area contributed by atoms with Crippen molar-refractivity contribution in [3.63, 3.8) is 0 Å². The third-order valence-electron chi connectivity index (χ3n) is 6.66. The van der Waals surface area contributed by atoms with E-state index in [0.717, 1.165) is 0 Å². The summed E-state index contributed by atoms with van der Waals surface area (Å²) in [6.07, 6.45) is -4.75. The topological polar surface area (TPSA) is 63.6 Å². The Hall–Kier alpha value is -3.45. The molecule has 5 rings (SSSR count). The van der Waals surface area contributed by atoms with Crippen LogP contribution in [0.1, 0.15) is 41.1 Å². The smallest absolute Gasteiger partial charge is 0.456 e. The molecule has 0 fully saturated rings. The van der Waals surface area contributed by atoms with Gasteiger partial charge in [-0.15, -0.1) is 0 Å². The quantitative estimate of drug-likeness (QED) is 0.502. The number of carbonyl (C=O) groups is 2. The average Bonchev–Trinajstić information content (AvgIpc) is 2.82. The van der Waals surface area contributed by atoms with Crippen LogP contribution in [-0.2, 0) is 9.53 Å². The molecule has 0 spiro atoms. The van der Waals surface area contributed by atoms with E-state index < -0.39 is 29.6 Å². The largest absolute Gasteiger partial charge is 0.457 e. The summed E-state index contributed by atoms with van der Waals surface area (Å²) in [4.78, 5) is 26.9. The maximum Gasteiger partial charge on any atom is 0.456 e. The molecule has 2 aliphatic rings. The maximum absolute atomic E-state index is 14.5. The van der Waals surface area contributed by atoms with Crippen LogP contribution in [0.2, 0.25) is 0 Å². The Morgan fingerprint density at radius 2 is 1.62 bits per heavy atom. The Kier molecular flexibility index (Phi) is 5.32. The Morgan fingerprint density at radius 3 is 2.35 bits per heavy atom. The van der Waals surface area contributed by atoms with Crippen LogP contribution in [0.3, 0.4) is 0 Å². The van der Waals surface area contributed by atoms with E-state index in [1.165, 1.54) is 6.07 Å². The van der Waals surface area contributed by atoms with E-state index in [2.05, 4.69) is 0 Å². The van der Waals surface area contributed by atoms with Gasteiger partial charge in [0.2, 0.25) is 0 Å². The fourth-order valence-corrected chi connectivity index (χ4v) is 5.12. The van der Waals surface area contributed by atoms with Crippen molar-refractivity contribution in [3.05, 3.63) is 95.3 Å². The predicted molar refractivity (Wildman–Crippen MR) is 119 cm³/mol. The van der Waals surface area contributed by atoms with Crippen LogP contribution in [0.15, 0.2) is 84.1 Å². The van der Waals surface area contributed by atoms with Crippen molar-refractivity contribution < 1.29 is 32.6 Å². The van der Waals surface area contributed by atoms with Crippen LogP contribution in [0, 0.1) is 5.92 Å². The predicted octanol–water partition coefficient (Wildman–Crippen LogP) is 5.71. The number of ketones is 2. The van der Waals surface area contributed by atoms with Gasteiger partial charge in [0.1, 0.15) is 11.7 Å². The van der Waals surface area contributed by atoms with E-state index in [0.29, 0.717) is 22.8 Å².